The van der Waals surface area contributed by atoms with Gasteiger partial charge >= 0.3 is 5.97 Å². The van der Waals surface area contributed by atoms with Crippen LogP contribution in [-0.4, -0.2) is 23.3 Å². The van der Waals surface area contributed by atoms with E-state index in [4.69, 9.17) is 21.4 Å². The predicted molar refractivity (Wildman–Crippen MR) is 51.0 cm³/mol. The number of carbonyl (C=O) groups is 1. The normalized spacial score (nSPS) is 9.86. The van der Waals surface area contributed by atoms with Gasteiger partial charge in [-0.05, 0) is 12.1 Å². The van der Waals surface area contributed by atoms with E-state index in [9.17, 15) is 9.90 Å². The van der Waals surface area contributed by atoms with E-state index in [0.29, 0.717) is 0 Å². The highest BCUT2D eigenvalue weighted by atomic mass is 35.5. The van der Waals surface area contributed by atoms with Gasteiger partial charge in [0, 0.05) is 10.6 Å². The van der Waals surface area contributed by atoms with Crippen LogP contribution < -0.4 is 4.74 Å². The number of benzene rings is 1. The maximum atomic E-state index is 10.5. The maximum Gasteiger partial charge on any atom is 0.308 e. The van der Waals surface area contributed by atoms with Crippen molar-refractivity contribution in [2.24, 2.45) is 0 Å². The van der Waals surface area contributed by atoms with Crippen molar-refractivity contribution in [1.29, 1.82) is 0 Å². The number of carboxylic acid groups (broad SMARTS) is 1. The molecule has 2 N–H and O–H groups in total. The topological polar surface area (TPSA) is 66.8 Å². The Bertz CT molecular complexity index is 362. The number of carboxylic acids is 1. The third-order valence-corrected chi connectivity index (χ3v) is 2.09. The zero-order valence-electron chi connectivity index (χ0n) is 7.45. The number of methoxy groups -OCH3 is 1. The summed E-state index contributed by atoms with van der Waals surface area (Å²) in [6.07, 6.45) is -0.331. The summed E-state index contributed by atoms with van der Waals surface area (Å²) in [6.45, 7) is 0. The smallest absolute Gasteiger partial charge is 0.308 e. The molecule has 1 aromatic rings. The Hall–Kier alpha value is -1.42. The van der Waals surface area contributed by atoms with Gasteiger partial charge in [-0.15, -0.1) is 0 Å². The van der Waals surface area contributed by atoms with Crippen LogP contribution in [0.25, 0.3) is 0 Å². The Kier molecular flexibility index (Phi) is 3.19. The lowest BCUT2D eigenvalue weighted by atomic mass is 10.1. The summed E-state index contributed by atoms with van der Waals surface area (Å²) in [5, 5.41) is 18.3. The van der Waals surface area contributed by atoms with Crippen LogP contribution in [-0.2, 0) is 11.2 Å². The van der Waals surface area contributed by atoms with E-state index in [2.05, 4.69) is 0 Å². The lowest BCUT2D eigenvalue weighted by molar-refractivity contribution is -0.136. The van der Waals surface area contributed by atoms with Gasteiger partial charge in [0.15, 0.2) is 11.5 Å². The molecular formula is C9H9ClO4. The molecule has 1 rings (SSSR count). The number of rotatable bonds is 3. The standard InChI is InChI=1S/C9H9ClO4/c1-14-7-3-2-6(10)5(9(7)13)4-8(11)12/h2-3,13H,4H2,1H3,(H,11,12). The number of ether oxygens (including phenoxy) is 1. The van der Waals surface area contributed by atoms with Crippen LogP contribution in [0, 0.1) is 0 Å². The first-order valence-corrected chi connectivity index (χ1v) is 4.20. The predicted octanol–water partition coefficient (Wildman–Crippen LogP) is 1.68. The summed E-state index contributed by atoms with van der Waals surface area (Å²) >= 11 is 5.72. The molecule has 0 aromatic heterocycles. The van der Waals surface area contributed by atoms with Gasteiger partial charge < -0.3 is 14.9 Å². The van der Waals surface area contributed by atoms with Crippen LogP contribution in [0.15, 0.2) is 12.1 Å². The highest BCUT2D eigenvalue weighted by molar-refractivity contribution is 6.31. The first-order chi connectivity index (χ1) is 6.56. The summed E-state index contributed by atoms with van der Waals surface area (Å²) in [6, 6.07) is 2.96. The van der Waals surface area contributed by atoms with Crippen LogP contribution in [0.4, 0.5) is 0 Å². The molecule has 0 saturated heterocycles. The van der Waals surface area contributed by atoms with Gasteiger partial charge in [-0.3, -0.25) is 4.79 Å². The number of phenolic OH excluding ortho intramolecular Hbond substituents is 1. The Morgan fingerprint density at radius 1 is 1.57 bits per heavy atom. The lowest BCUT2D eigenvalue weighted by Crippen LogP contribution is -2.01. The Balaban J connectivity index is 3.18. The second-order valence-corrected chi connectivity index (χ2v) is 3.05. The van der Waals surface area contributed by atoms with Gasteiger partial charge in [0.25, 0.3) is 0 Å². The molecule has 0 radical (unpaired) electrons. The van der Waals surface area contributed by atoms with Crippen LogP contribution >= 0.6 is 11.6 Å². The van der Waals surface area contributed by atoms with E-state index in [-0.39, 0.29) is 28.5 Å². The minimum atomic E-state index is -1.06. The molecule has 1 aromatic carbocycles. The maximum absolute atomic E-state index is 10.5. The molecule has 0 spiro atoms. The zero-order chi connectivity index (χ0) is 10.7. The minimum absolute atomic E-state index is 0.165. The van der Waals surface area contributed by atoms with Crippen molar-refractivity contribution in [1.82, 2.24) is 0 Å². The summed E-state index contributed by atoms with van der Waals surface area (Å²) in [4.78, 5) is 10.5. The third kappa shape index (κ3) is 2.09. The fourth-order valence-electron chi connectivity index (χ4n) is 1.07. The number of aliphatic carboxylic acids is 1. The summed E-state index contributed by atoms with van der Waals surface area (Å²) in [7, 11) is 1.38. The lowest BCUT2D eigenvalue weighted by Gasteiger charge is -2.08. The molecule has 0 bridgehead atoms. The highest BCUT2D eigenvalue weighted by Gasteiger charge is 2.14. The number of hydrogen-bond acceptors (Lipinski definition) is 3. The van der Waals surface area contributed by atoms with Gasteiger partial charge in [-0.1, -0.05) is 11.6 Å². The van der Waals surface area contributed by atoms with E-state index >= 15 is 0 Å². The number of aromatic hydroxyl groups is 1. The number of hydrogen-bond donors (Lipinski definition) is 2. The molecule has 4 nitrogen and oxygen atoms in total. The molecule has 0 amide bonds. The molecular weight excluding hydrogens is 208 g/mol. The average Bonchev–Trinajstić information content (AvgIpc) is 2.12. The zero-order valence-corrected chi connectivity index (χ0v) is 8.21. The van der Waals surface area contributed by atoms with Crippen LogP contribution in [0.3, 0.4) is 0 Å². The van der Waals surface area contributed by atoms with Crippen LogP contribution in [0.5, 0.6) is 11.5 Å². The van der Waals surface area contributed by atoms with E-state index in [1.165, 1.54) is 19.2 Å². The van der Waals surface area contributed by atoms with Crippen molar-refractivity contribution in [2.45, 2.75) is 6.42 Å². The average molecular weight is 217 g/mol. The Morgan fingerprint density at radius 3 is 2.71 bits per heavy atom. The quantitative estimate of drug-likeness (QED) is 0.807. The van der Waals surface area contributed by atoms with Gasteiger partial charge in [0.1, 0.15) is 0 Å². The van der Waals surface area contributed by atoms with Crippen molar-refractivity contribution in [3.63, 3.8) is 0 Å². The molecule has 5 heteroatoms. The molecule has 0 fully saturated rings. The number of halogens is 1. The second-order valence-electron chi connectivity index (χ2n) is 2.65. The van der Waals surface area contributed by atoms with Crippen molar-refractivity contribution in [2.75, 3.05) is 7.11 Å². The Labute approximate surface area is 85.7 Å². The fraction of sp³-hybridized carbons (Fsp3) is 0.222. The summed E-state index contributed by atoms with van der Waals surface area (Å²) in [5.74, 6) is -1.07. The van der Waals surface area contributed by atoms with Gasteiger partial charge in [0.05, 0.1) is 13.5 Å². The molecule has 14 heavy (non-hydrogen) atoms. The van der Waals surface area contributed by atoms with Crippen LogP contribution in [0.2, 0.25) is 5.02 Å². The molecule has 76 valence electrons. The van der Waals surface area contributed by atoms with Crippen molar-refractivity contribution in [3.8, 4) is 11.5 Å². The third-order valence-electron chi connectivity index (χ3n) is 1.74. The number of phenols is 1. The minimum Gasteiger partial charge on any atom is -0.504 e. The van der Waals surface area contributed by atoms with E-state index in [0.717, 1.165) is 0 Å². The molecule has 0 aliphatic carbocycles. The van der Waals surface area contributed by atoms with E-state index in [1.54, 1.807) is 0 Å². The van der Waals surface area contributed by atoms with Crippen molar-refractivity contribution in [3.05, 3.63) is 22.7 Å². The molecule has 0 unspecified atom stereocenters. The van der Waals surface area contributed by atoms with Crippen molar-refractivity contribution >= 4 is 17.6 Å². The molecule has 0 heterocycles. The SMILES string of the molecule is COc1ccc(Cl)c(CC(=O)O)c1O. The highest BCUT2D eigenvalue weighted by Crippen LogP contribution is 2.34. The van der Waals surface area contributed by atoms with E-state index in [1.807, 2.05) is 0 Å². The van der Waals surface area contributed by atoms with Crippen molar-refractivity contribution < 1.29 is 19.7 Å². The largest absolute Gasteiger partial charge is 0.504 e. The van der Waals surface area contributed by atoms with E-state index < -0.39 is 5.97 Å². The van der Waals surface area contributed by atoms with Crippen LogP contribution in [0.1, 0.15) is 5.56 Å². The monoisotopic (exact) mass is 216 g/mol. The first-order valence-electron chi connectivity index (χ1n) is 3.82. The molecule has 0 atom stereocenters. The molecule has 0 saturated carbocycles. The summed E-state index contributed by atoms with van der Waals surface area (Å²) < 4.78 is 4.82. The molecule has 0 aliphatic rings. The van der Waals surface area contributed by atoms with Gasteiger partial charge in [-0.2, -0.15) is 0 Å². The molecule has 0 aliphatic heterocycles. The fourth-order valence-corrected chi connectivity index (χ4v) is 1.29. The van der Waals surface area contributed by atoms with Gasteiger partial charge in [-0.25, -0.2) is 0 Å². The Morgan fingerprint density at radius 2 is 2.21 bits per heavy atom. The van der Waals surface area contributed by atoms with Gasteiger partial charge in [0.2, 0.25) is 0 Å². The summed E-state index contributed by atoms with van der Waals surface area (Å²) in [5.41, 5.74) is 0.165. The second kappa shape index (κ2) is 4.19. The first kappa shape index (κ1) is 10.7.